The van der Waals surface area contributed by atoms with Crippen molar-refractivity contribution in [3.63, 3.8) is 0 Å². The molecule has 120 valence electrons. The van der Waals surface area contributed by atoms with Gasteiger partial charge in [-0.05, 0) is 56.0 Å². The molecule has 0 atom stereocenters. The first kappa shape index (κ1) is 19.3. The lowest BCUT2D eigenvalue weighted by atomic mass is 10.1. The maximum atomic E-state index is 5.88. The lowest BCUT2D eigenvalue weighted by molar-refractivity contribution is 0.300. The Labute approximate surface area is 151 Å². The summed E-state index contributed by atoms with van der Waals surface area (Å²) in [5.41, 5.74) is 1.08. The van der Waals surface area contributed by atoms with Crippen molar-refractivity contribution in [3.05, 3.63) is 26.6 Å². The van der Waals surface area contributed by atoms with E-state index in [1.54, 1.807) is 0 Å². The molecular weight excluding hydrogens is 415 g/mol. The van der Waals surface area contributed by atoms with E-state index in [1.807, 2.05) is 12.1 Å². The average Bonchev–Trinajstić information content (AvgIpc) is 2.47. The van der Waals surface area contributed by atoms with Gasteiger partial charge in [0.2, 0.25) is 0 Å². The molecule has 0 aliphatic carbocycles. The summed E-state index contributed by atoms with van der Waals surface area (Å²) in [6, 6.07) is 4.03. The van der Waals surface area contributed by atoms with Crippen LogP contribution in [-0.2, 0) is 5.88 Å². The molecule has 0 aliphatic heterocycles. The summed E-state index contributed by atoms with van der Waals surface area (Å²) < 4.78 is 7.81. The van der Waals surface area contributed by atoms with Gasteiger partial charge in [-0.1, -0.05) is 51.9 Å². The van der Waals surface area contributed by atoms with Gasteiger partial charge in [0, 0.05) is 5.88 Å². The third-order valence-electron chi connectivity index (χ3n) is 3.46. The Kier molecular flexibility index (Phi) is 10.8. The Bertz CT molecular complexity index is 387. The molecule has 1 rings (SSSR count). The Hall–Kier alpha value is 0.270. The Balaban J connectivity index is 2.18. The van der Waals surface area contributed by atoms with Gasteiger partial charge in [-0.15, -0.1) is 11.6 Å². The highest BCUT2D eigenvalue weighted by Gasteiger charge is 2.08. The summed E-state index contributed by atoms with van der Waals surface area (Å²) in [7, 11) is 0. The molecule has 0 N–H and O–H groups in total. The van der Waals surface area contributed by atoms with Crippen molar-refractivity contribution in [1.29, 1.82) is 0 Å². The van der Waals surface area contributed by atoms with Crippen LogP contribution in [0.5, 0.6) is 5.75 Å². The van der Waals surface area contributed by atoms with E-state index < -0.39 is 0 Å². The van der Waals surface area contributed by atoms with Gasteiger partial charge in [0.05, 0.1) is 15.6 Å². The summed E-state index contributed by atoms with van der Waals surface area (Å²) in [6.07, 6.45) is 10.5. The molecule has 0 saturated heterocycles. The summed E-state index contributed by atoms with van der Waals surface area (Å²) in [6.45, 7) is 3.03. The van der Waals surface area contributed by atoms with Gasteiger partial charge in [0.25, 0.3) is 0 Å². The molecule has 0 aromatic heterocycles. The molecule has 0 saturated carbocycles. The molecule has 0 bridgehead atoms. The van der Waals surface area contributed by atoms with E-state index in [-0.39, 0.29) is 0 Å². The molecule has 0 heterocycles. The quantitative estimate of drug-likeness (QED) is 0.256. The van der Waals surface area contributed by atoms with Crippen molar-refractivity contribution >= 4 is 43.5 Å². The number of ether oxygens (including phenoxy) is 1. The van der Waals surface area contributed by atoms with Gasteiger partial charge in [0.15, 0.2) is 0 Å². The Morgan fingerprint density at radius 1 is 0.905 bits per heavy atom. The average molecular weight is 441 g/mol. The van der Waals surface area contributed by atoms with Crippen LogP contribution < -0.4 is 4.74 Å². The van der Waals surface area contributed by atoms with Crippen molar-refractivity contribution in [2.24, 2.45) is 0 Å². The molecule has 1 aromatic carbocycles. The van der Waals surface area contributed by atoms with E-state index >= 15 is 0 Å². The Morgan fingerprint density at radius 2 is 1.43 bits per heavy atom. The summed E-state index contributed by atoms with van der Waals surface area (Å²) in [5, 5.41) is 0. The Morgan fingerprint density at radius 3 is 1.95 bits per heavy atom. The van der Waals surface area contributed by atoms with Crippen LogP contribution in [0.2, 0.25) is 0 Å². The second-order valence-corrected chi connectivity index (χ2v) is 7.32. The van der Waals surface area contributed by atoms with Gasteiger partial charge in [0.1, 0.15) is 5.75 Å². The highest BCUT2D eigenvalue weighted by molar-refractivity contribution is 9.11. The molecule has 21 heavy (non-hydrogen) atoms. The first-order chi connectivity index (χ1) is 10.2. The van der Waals surface area contributed by atoms with Gasteiger partial charge < -0.3 is 4.74 Å². The molecule has 0 aliphatic rings. The van der Waals surface area contributed by atoms with E-state index in [4.69, 9.17) is 16.3 Å². The first-order valence-corrected chi connectivity index (χ1v) is 9.97. The lowest BCUT2D eigenvalue weighted by Gasteiger charge is -2.11. The van der Waals surface area contributed by atoms with Crippen LogP contribution in [0.25, 0.3) is 0 Å². The molecule has 0 fully saturated rings. The lowest BCUT2D eigenvalue weighted by Crippen LogP contribution is -1.99. The number of alkyl halides is 1. The number of halogens is 3. The van der Waals surface area contributed by atoms with Crippen molar-refractivity contribution in [1.82, 2.24) is 0 Å². The van der Waals surface area contributed by atoms with Gasteiger partial charge in [-0.2, -0.15) is 0 Å². The van der Waals surface area contributed by atoms with Crippen LogP contribution in [0.15, 0.2) is 21.1 Å². The summed E-state index contributed by atoms with van der Waals surface area (Å²) in [4.78, 5) is 0. The SMILES string of the molecule is CCCCCCCCCCOc1c(Br)cc(CCl)cc1Br. The third kappa shape index (κ3) is 7.90. The largest absolute Gasteiger partial charge is 0.491 e. The molecule has 1 nitrogen and oxygen atoms in total. The van der Waals surface area contributed by atoms with Crippen molar-refractivity contribution < 1.29 is 4.74 Å². The fraction of sp³-hybridized carbons (Fsp3) is 0.647. The van der Waals surface area contributed by atoms with Crippen molar-refractivity contribution in [2.45, 2.75) is 64.2 Å². The van der Waals surface area contributed by atoms with E-state index in [0.29, 0.717) is 5.88 Å². The molecule has 0 amide bonds. The zero-order valence-corrected chi connectivity index (χ0v) is 16.7. The number of rotatable bonds is 11. The standard InChI is InChI=1S/C17H25Br2ClO/c1-2-3-4-5-6-7-8-9-10-21-17-15(18)11-14(13-20)12-16(17)19/h11-12H,2-10,13H2,1H3. The minimum absolute atomic E-state index is 0.509. The normalized spacial score (nSPS) is 10.9. The number of hydrogen-bond donors (Lipinski definition) is 0. The van der Waals surface area contributed by atoms with Crippen LogP contribution in [0.1, 0.15) is 63.9 Å². The molecular formula is C17H25Br2ClO. The maximum Gasteiger partial charge on any atom is 0.147 e. The minimum atomic E-state index is 0.509. The summed E-state index contributed by atoms with van der Waals surface area (Å²) >= 11 is 12.9. The van der Waals surface area contributed by atoms with Crippen LogP contribution in [0, 0.1) is 0 Å². The van der Waals surface area contributed by atoms with E-state index in [0.717, 1.165) is 33.3 Å². The first-order valence-electron chi connectivity index (χ1n) is 7.85. The van der Waals surface area contributed by atoms with Crippen molar-refractivity contribution in [3.8, 4) is 5.75 Å². The smallest absolute Gasteiger partial charge is 0.147 e. The molecule has 0 radical (unpaired) electrons. The highest BCUT2D eigenvalue weighted by atomic mass is 79.9. The van der Waals surface area contributed by atoms with Crippen molar-refractivity contribution in [2.75, 3.05) is 6.61 Å². The van der Waals surface area contributed by atoms with Crippen LogP contribution in [0.4, 0.5) is 0 Å². The minimum Gasteiger partial charge on any atom is -0.491 e. The van der Waals surface area contributed by atoms with Gasteiger partial charge in [-0.25, -0.2) is 0 Å². The zero-order valence-electron chi connectivity index (χ0n) is 12.8. The van der Waals surface area contributed by atoms with E-state index in [1.165, 1.54) is 44.9 Å². The van der Waals surface area contributed by atoms with E-state index in [2.05, 4.69) is 38.8 Å². The second-order valence-electron chi connectivity index (χ2n) is 5.35. The third-order valence-corrected chi connectivity index (χ3v) is 4.94. The number of hydrogen-bond acceptors (Lipinski definition) is 1. The number of benzene rings is 1. The monoisotopic (exact) mass is 438 g/mol. The molecule has 1 aromatic rings. The predicted molar refractivity (Wildman–Crippen MR) is 99.5 cm³/mol. The molecule has 4 heteroatoms. The molecule has 0 unspecified atom stereocenters. The zero-order chi connectivity index (χ0) is 15.5. The number of unbranched alkanes of at least 4 members (excludes halogenated alkanes) is 7. The van der Waals surface area contributed by atoms with E-state index in [9.17, 15) is 0 Å². The fourth-order valence-corrected chi connectivity index (χ4v) is 3.90. The predicted octanol–water partition coefficient (Wildman–Crippen LogP) is 7.47. The summed E-state index contributed by atoms with van der Waals surface area (Å²) in [5.74, 6) is 1.39. The van der Waals surface area contributed by atoms with Gasteiger partial charge >= 0.3 is 0 Å². The highest BCUT2D eigenvalue weighted by Crippen LogP contribution is 2.35. The van der Waals surface area contributed by atoms with Crippen LogP contribution in [0.3, 0.4) is 0 Å². The fourth-order valence-electron chi connectivity index (χ4n) is 2.24. The maximum absolute atomic E-state index is 5.88. The van der Waals surface area contributed by atoms with Gasteiger partial charge in [-0.3, -0.25) is 0 Å². The molecule has 0 spiro atoms. The van der Waals surface area contributed by atoms with Crippen LogP contribution >= 0.6 is 43.5 Å². The topological polar surface area (TPSA) is 9.23 Å². The second kappa shape index (κ2) is 11.8. The van der Waals surface area contributed by atoms with Crippen LogP contribution in [-0.4, -0.2) is 6.61 Å².